The molecule has 2 aromatic carbocycles. The fraction of sp³-hybridized carbons (Fsp3) is 0.273. The number of nitrogens with zero attached hydrogens (tertiary/aromatic N) is 2. The Kier molecular flexibility index (Phi) is 7.31. The maximum absolute atomic E-state index is 13.0. The van der Waals surface area contributed by atoms with Gasteiger partial charge in [0, 0.05) is 23.3 Å². The summed E-state index contributed by atoms with van der Waals surface area (Å²) in [6, 6.07) is 17.2. The van der Waals surface area contributed by atoms with Crippen LogP contribution in [0, 0.1) is 5.92 Å². The van der Waals surface area contributed by atoms with Crippen LogP contribution in [0.4, 0.5) is 0 Å². The number of para-hydroxylation sites is 1. The number of hydrogen-bond acceptors (Lipinski definition) is 3. The van der Waals surface area contributed by atoms with Crippen molar-refractivity contribution in [3.8, 4) is 16.9 Å². The molecule has 2 heterocycles. The Balaban J connectivity index is 0.00000240. The van der Waals surface area contributed by atoms with Crippen LogP contribution in [0.1, 0.15) is 23.2 Å². The molecule has 0 saturated carbocycles. The highest BCUT2D eigenvalue weighted by Crippen LogP contribution is 2.25. The van der Waals surface area contributed by atoms with Gasteiger partial charge in [-0.1, -0.05) is 41.9 Å². The predicted molar refractivity (Wildman–Crippen MR) is 119 cm³/mol. The Morgan fingerprint density at radius 1 is 1.17 bits per heavy atom. The molecule has 1 saturated heterocycles. The average molecular weight is 431 g/mol. The molecule has 4 rings (SSSR count). The van der Waals surface area contributed by atoms with Crippen LogP contribution in [0.15, 0.2) is 60.8 Å². The number of rotatable bonds is 5. The highest BCUT2D eigenvalue weighted by atomic mass is 35.5. The summed E-state index contributed by atoms with van der Waals surface area (Å²) >= 11 is 6.03. The molecule has 0 spiro atoms. The van der Waals surface area contributed by atoms with E-state index in [0.717, 1.165) is 37.2 Å². The summed E-state index contributed by atoms with van der Waals surface area (Å²) < 4.78 is 1.75. The lowest BCUT2D eigenvalue weighted by atomic mass is 9.99. The van der Waals surface area contributed by atoms with Gasteiger partial charge in [-0.25, -0.2) is 4.68 Å². The Labute approximate surface area is 181 Å². The van der Waals surface area contributed by atoms with Crippen LogP contribution in [0.5, 0.6) is 0 Å². The van der Waals surface area contributed by atoms with Crippen LogP contribution < -0.4 is 10.6 Å². The highest BCUT2D eigenvalue weighted by molar-refractivity contribution is 6.30. The van der Waals surface area contributed by atoms with Crippen LogP contribution in [0.3, 0.4) is 0 Å². The van der Waals surface area contributed by atoms with E-state index in [1.165, 1.54) is 0 Å². The fourth-order valence-corrected chi connectivity index (χ4v) is 3.63. The van der Waals surface area contributed by atoms with Crippen LogP contribution in [-0.4, -0.2) is 35.3 Å². The van der Waals surface area contributed by atoms with E-state index in [0.29, 0.717) is 28.7 Å². The summed E-state index contributed by atoms with van der Waals surface area (Å²) in [6.45, 7) is 2.69. The summed E-state index contributed by atoms with van der Waals surface area (Å²) in [7, 11) is 0. The number of carbonyl (C=O) groups excluding carboxylic acids is 1. The third kappa shape index (κ3) is 5.18. The third-order valence-electron chi connectivity index (χ3n) is 5.05. The molecule has 29 heavy (non-hydrogen) atoms. The minimum Gasteiger partial charge on any atom is -0.352 e. The molecule has 0 radical (unpaired) electrons. The van der Waals surface area contributed by atoms with Gasteiger partial charge in [0.1, 0.15) is 5.69 Å². The molecule has 7 heteroatoms. The predicted octanol–water partition coefficient (Wildman–Crippen LogP) is 4.34. The molecule has 1 fully saturated rings. The Morgan fingerprint density at radius 2 is 1.93 bits per heavy atom. The van der Waals surface area contributed by atoms with Crippen LogP contribution in [0.2, 0.25) is 5.02 Å². The molecule has 3 aromatic rings. The smallest absolute Gasteiger partial charge is 0.255 e. The first-order valence-corrected chi connectivity index (χ1v) is 9.98. The number of piperidine rings is 1. The molecule has 1 amide bonds. The van der Waals surface area contributed by atoms with Crippen LogP contribution >= 0.6 is 24.0 Å². The van der Waals surface area contributed by atoms with Crippen molar-refractivity contribution in [2.45, 2.75) is 12.8 Å². The van der Waals surface area contributed by atoms with Crippen molar-refractivity contribution in [2.75, 3.05) is 19.6 Å². The first kappa shape index (κ1) is 21.4. The highest BCUT2D eigenvalue weighted by Gasteiger charge is 2.20. The summed E-state index contributed by atoms with van der Waals surface area (Å²) in [5.41, 5.74) is 2.99. The Hall–Kier alpha value is -2.34. The van der Waals surface area contributed by atoms with E-state index in [-0.39, 0.29) is 18.3 Å². The second kappa shape index (κ2) is 9.92. The second-order valence-corrected chi connectivity index (χ2v) is 7.54. The zero-order valence-corrected chi connectivity index (χ0v) is 17.5. The number of hydrogen-bond donors (Lipinski definition) is 2. The number of nitrogens with one attached hydrogen (secondary N) is 2. The normalized spacial score (nSPS) is 16.1. The minimum absolute atomic E-state index is 0. The summed E-state index contributed by atoms with van der Waals surface area (Å²) in [5, 5.41) is 11.8. The molecule has 0 aliphatic carbocycles. The maximum atomic E-state index is 13.0. The van der Waals surface area contributed by atoms with E-state index in [2.05, 4.69) is 10.6 Å². The van der Waals surface area contributed by atoms with Gasteiger partial charge in [0.15, 0.2) is 0 Å². The van der Waals surface area contributed by atoms with Gasteiger partial charge in [-0.15, -0.1) is 12.4 Å². The van der Waals surface area contributed by atoms with Crippen molar-refractivity contribution in [1.82, 2.24) is 20.4 Å². The van der Waals surface area contributed by atoms with Crippen molar-refractivity contribution < 1.29 is 4.79 Å². The van der Waals surface area contributed by atoms with E-state index < -0.39 is 0 Å². The molecule has 1 unspecified atom stereocenters. The van der Waals surface area contributed by atoms with Crippen molar-refractivity contribution in [3.63, 3.8) is 0 Å². The van der Waals surface area contributed by atoms with E-state index >= 15 is 0 Å². The van der Waals surface area contributed by atoms with Gasteiger partial charge in [-0.2, -0.15) is 5.10 Å². The molecule has 5 nitrogen and oxygen atoms in total. The van der Waals surface area contributed by atoms with Crippen LogP contribution in [-0.2, 0) is 0 Å². The van der Waals surface area contributed by atoms with Crippen molar-refractivity contribution in [3.05, 3.63) is 71.4 Å². The first-order valence-electron chi connectivity index (χ1n) is 9.60. The number of benzene rings is 2. The standard InChI is InChI=1S/C22H23ClN4O.ClH/c23-18-10-8-17(9-11-18)21-20(15-27(26-21)19-6-2-1-3-7-19)22(28)25-14-16-5-4-12-24-13-16;/h1-3,6-11,15-16,24H,4-5,12-14H2,(H,25,28);1H. The van der Waals surface area contributed by atoms with Gasteiger partial charge in [0.05, 0.1) is 11.3 Å². The minimum atomic E-state index is -0.0993. The molecule has 1 aliphatic heterocycles. The molecular weight excluding hydrogens is 407 g/mol. The molecule has 1 aromatic heterocycles. The lowest BCUT2D eigenvalue weighted by Gasteiger charge is -2.22. The zero-order valence-electron chi connectivity index (χ0n) is 16.0. The maximum Gasteiger partial charge on any atom is 0.255 e. The van der Waals surface area contributed by atoms with E-state index in [1.807, 2.05) is 54.6 Å². The molecule has 1 aliphatic rings. The number of halogens is 2. The van der Waals surface area contributed by atoms with E-state index in [1.54, 1.807) is 10.9 Å². The quantitative estimate of drug-likeness (QED) is 0.632. The van der Waals surface area contributed by atoms with Gasteiger partial charge < -0.3 is 10.6 Å². The van der Waals surface area contributed by atoms with Gasteiger partial charge >= 0.3 is 0 Å². The summed E-state index contributed by atoms with van der Waals surface area (Å²) in [4.78, 5) is 13.0. The lowest BCUT2D eigenvalue weighted by molar-refractivity contribution is 0.0945. The summed E-state index contributed by atoms with van der Waals surface area (Å²) in [6.07, 6.45) is 4.09. The molecule has 152 valence electrons. The number of amides is 1. The van der Waals surface area contributed by atoms with Crippen molar-refractivity contribution >= 4 is 29.9 Å². The molecule has 2 N–H and O–H groups in total. The van der Waals surface area contributed by atoms with Crippen molar-refractivity contribution in [1.29, 1.82) is 0 Å². The van der Waals surface area contributed by atoms with Gasteiger partial charge in [-0.05, 0) is 56.1 Å². The van der Waals surface area contributed by atoms with Crippen LogP contribution in [0.25, 0.3) is 16.9 Å². The average Bonchev–Trinajstić information content (AvgIpc) is 3.19. The molecule has 0 bridgehead atoms. The van der Waals surface area contributed by atoms with E-state index in [4.69, 9.17) is 16.7 Å². The lowest BCUT2D eigenvalue weighted by Crippen LogP contribution is -2.38. The SMILES string of the molecule is Cl.O=C(NCC1CCCNC1)c1cn(-c2ccccc2)nc1-c1ccc(Cl)cc1. The van der Waals surface area contributed by atoms with Gasteiger partial charge in [0.25, 0.3) is 5.91 Å². The topological polar surface area (TPSA) is 59.0 Å². The zero-order chi connectivity index (χ0) is 19.3. The third-order valence-corrected chi connectivity index (χ3v) is 5.30. The Morgan fingerprint density at radius 3 is 2.62 bits per heavy atom. The largest absolute Gasteiger partial charge is 0.352 e. The molecule has 1 atom stereocenters. The first-order chi connectivity index (χ1) is 13.7. The monoisotopic (exact) mass is 430 g/mol. The number of carbonyl (C=O) groups is 1. The van der Waals surface area contributed by atoms with Crippen molar-refractivity contribution in [2.24, 2.45) is 5.92 Å². The number of aromatic nitrogens is 2. The van der Waals surface area contributed by atoms with Gasteiger partial charge in [0.2, 0.25) is 0 Å². The Bertz CT molecular complexity index is 935. The molecular formula is C22H24Cl2N4O. The van der Waals surface area contributed by atoms with E-state index in [9.17, 15) is 4.79 Å². The van der Waals surface area contributed by atoms with Gasteiger partial charge in [-0.3, -0.25) is 4.79 Å². The second-order valence-electron chi connectivity index (χ2n) is 7.10. The fourth-order valence-electron chi connectivity index (χ4n) is 3.50. The summed E-state index contributed by atoms with van der Waals surface area (Å²) in [5.74, 6) is 0.374.